The molecule has 0 aromatic heterocycles. The van der Waals surface area contributed by atoms with Gasteiger partial charge in [-0.2, -0.15) is 0 Å². The third-order valence-electron chi connectivity index (χ3n) is 2.29. The van der Waals surface area contributed by atoms with Crippen LogP contribution in [0.3, 0.4) is 0 Å². The van der Waals surface area contributed by atoms with E-state index in [1.165, 1.54) is 4.31 Å². The van der Waals surface area contributed by atoms with E-state index in [1.807, 2.05) is 0 Å². The fourth-order valence-electron chi connectivity index (χ4n) is 1.19. The summed E-state index contributed by atoms with van der Waals surface area (Å²) in [5.41, 5.74) is 0. The number of hydrogen-bond donors (Lipinski definition) is 0. The molecule has 0 radical (unpaired) electrons. The molecule has 13 heavy (non-hydrogen) atoms. The highest BCUT2D eigenvalue weighted by Gasteiger charge is 2.33. The van der Waals surface area contributed by atoms with Gasteiger partial charge in [0.25, 0.3) is 0 Å². The maximum atomic E-state index is 11.6. The molecular formula is C8H16ClNO2S. The third kappa shape index (κ3) is 3.44. The molecule has 0 aliphatic heterocycles. The normalized spacial score (nSPS) is 18.1. The van der Waals surface area contributed by atoms with Crippen LogP contribution in [0.15, 0.2) is 0 Å². The van der Waals surface area contributed by atoms with E-state index in [9.17, 15) is 8.42 Å². The first-order chi connectivity index (χ1) is 6.08. The summed E-state index contributed by atoms with van der Waals surface area (Å²) in [6.45, 7) is 0. The predicted octanol–water partition coefficient (Wildman–Crippen LogP) is 1.43. The summed E-state index contributed by atoms with van der Waals surface area (Å²) in [6.07, 6.45) is 3.48. The van der Waals surface area contributed by atoms with Crippen LogP contribution >= 0.6 is 11.6 Å². The molecule has 0 saturated heterocycles. The lowest BCUT2D eigenvalue weighted by Gasteiger charge is -2.15. The number of sulfonamides is 1. The van der Waals surface area contributed by atoms with Crippen LogP contribution in [0.2, 0.25) is 0 Å². The highest BCUT2D eigenvalue weighted by Crippen LogP contribution is 2.27. The number of hydrogen-bond acceptors (Lipinski definition) is 2. The fraction of sp³-hybridized carbons (Fsp3) is 1.00. The second kappa shape index (κ2) is 4.62. The maximum absolute atomic E-state index is 11.6. The van der Waals surface area contributed by atoms with E-state index in [0.717, 1.165) is 19.3 Å². The molecular weight excluding hydrogens is 210 g/mol. The van der Waals surface area contributed by atoms with Crippen molar-refractivity contribution in [2.45, 2.75) is 31.7 Å². The standard InChI is InChI=1S/C8H16ClNO2S/c1-10(8-4-5-8)13(11,12)7-3-2-6-9/h8H,2-7H2,1H3. The summed E-state index contributed by atoms with van der Waals surface area (Å²) in [6, 6.07) is 0.279. The first-order valence-corrected chi connectivity index (χ1v) is 6.74. The Labute approximate surface area is 85.1 Å². The van der Waals surface area contributed by atoms with Crippen LogP contribution < -0.4 is 0 Å². The smallest absolute Gasteiger partial charge is 0.212 e. The summed E-state index contributed by atoms with van der Waals surface area (Å²) >= 11 is 5.48. The molecule has 3 nitrogen and oxygen atoms in total. The van der Waals surface area contributed by atoms with Gasteiger partial charge in [-0.05, 0) is 25.7 Å². The second-order valence-corrected chi connectivity index (χ2v) is 5.99. The number of alkyl halides is 1. The SMILES string of the molecule is CN(C1CC1)S(=O)(=O)CCCCCl. The van der Waals surface area contributed by atoms with Crippen LogP contribution in [0.25, 0.3) is 0 Å². The van der Waals surface area contributed by atoms with E-state index in [-0.39, 0.29) is 11.8 Å². The molecule has 0 atom stereocenters. The monoisotopic (exact) mass is 225 g/mol. The van der Waals surface area contributed by atoms with Crippen molar-refractivity contribution in [2.75, 3.05) is 18.7 Å². The Hall–Kier alpha value is 0.200. The first kappa shape index (κ1) is 11.3. The summed E-state index contributed by atoms with van der Waals surface area (Å²) < 4.78 is 24.7. The van der Waals surface area contributed by atoms with Crippen molar-refractivity contribution in [3.63, 3.8) is 0 Å². The Balaban J connectivity index is 2.35. The topological polar surface area (TPSA) is 37.4 Å². The van der Waals surface area contributed by atoms with E-state index in [1.54, 1.807) is 7.05 Å². The van der Waals surface area contributed by atoms with Crippen LogP contribution in [0, 0.1) is 0 Å². The molecule has 0 spiro atoms. The minimum Gasteiger partial charge on any atom is -0.212 e. The van der Waals surface area contributed by atoms with Gasteiger partial charge in [0.05, 0.1) is 5.75 Å². The summed E-state index contributed by atoms with van der Waals surface area (Å²) in [7, 11) is -1.32. The molecule has 1 aliphatic carbocycles. The molecule has 0 aromatic rings. The van der Waals surface area contributed by atoms with Crippen LogP contribution in [-0.4, -0.2) is 37.4 Å². The molecule has 1 rings (SSSR count). The first-order valence-electron chi connectivity index (χ1n) is 4.59. The van der Waals surface area contributed by atoms with Crippen molar-refractivity contribution < 1.29 is 8.42 Å². The van der Waals surface area contributed by atoms with E-state index < -0.39 is 10.0 Å². The molecule has 78 valence electrons. The van der Waals surface area contributed by atoms with Crippen molar-refractivity contribution in [3.05, 3.63) is 0 Å². The quantitative estimate of drug-likeness (QED) is 0.507. The molecule has 0 amide bonds. The third-order valence-corrected chi connectivity index (χ3v) is 4.53. The number of unbranched alkanes of at least 4 members (excludes halogenated alkanes) is 1. The van der Waals surface area contributed by atoms with Crippen LogP contribution in [0.4, 0.5) is 0 Å². The van der Waals surface area contributed by atoms with Gasteiger partial charge in [0.15, 0.2) is 0 Å². The zero-order chi connectivity index (χ0) is 9.90. The zero-order valence-electron chi connectivity index (χ0n) is 7.87. The largest absolute Gasteiger partial charge is 0.214 e. The van der Waals surface area contributed by atoms with Crippen molar-refractivity contribution in [2.24, 2.45) is 0 Å². The summed E-state index contributed by atoms with van der Waals surface area (Å²) in [5, 5.41) is 0. The lowest BCUT2D eigenvalue weighted by Crippen LogP contribution is -2.31. The van der Waals surface area contributed by atoms with E-state index >= 15 is 0 Å². The Kier molecular flexibility index (Phi) is 4.01. The van der Waals surface area contributed by atoms with Gasteiger partial charge < -0.3 is 0 Å². The Morgan fingerprint density at radius 3 is 2.46 bits per heavy atom. The Bertz CT molecular complexity index is 249. The van der Waals surface area contributed by atoms with Gasteiger partial charge in [0.2, 0.25) is 10.0 Å². The average Bonchev–Trinajstić information content (AvgIpc) is 2.86. The van der Waals surface area contributed by atoms with E-state index in [2.05, 4.69) is 0 Å². The number of nitrogens with zero attached hydrogens (tertiary/aromatic N) is 1. The van der Waals surface area contributed by atoms with Gasteiger partial charge in [-0.25, -0.2) is 12.7 Å². The van der Waals surface area contributed by atoms with Crippen LogP contribution in [0.1, 0.15) is 25.7 Å². The highest BCUT2D eigenvalue weighted by atomic mass is 35.5. The maximum Gasteiger partial charge on any atom is 0.214 e. The van der Waals surface area contributed by atoms with Crippen molar-refractivity contribution >= 4 is 21.6 Å². The minimum absolute atomic E-state index is 0.243. The molecule has 0 aromatic carbocycles. The average molecular weight is 226 g/mol. The van der Waals surface area contributed by atoms with Gasteiger partial charge in [-0.1, -0.05) is 0 Å². The predicted molar refractivity (Wildman–Crippen MR) is 54.5 cm³/mol. The number of halogens is 1. The van der Waals surface area contributed by atoms with Crippen LogP contribution in [0.5, 0.6) is 0 Å². The Morgan fingerprint density at radius 1 is 1.38 bits per heavy atom. The van der Waals surface area contributed by atoms with Crippen molar-refractivity contribution in [3.8, 4) is 0 Å². The van der Waals surface area contributed by atoms with Gasteiger partial charge >= 0.3 is 0 Å². The van der Waals surface area contributed by atoms with Crippen molar-refractivity contribution in [1.82, 2.24) is 4.31 Å². The second-order valence-electron chi connectivity index (χ2n) is 3.46. The lowest BCUT2D eigenvalue weighted by atomic mass is 10.4. The number of rotatable bonds is 6. The van der Waals surface area contributed by atoms with Crippen molar-refractivity contribution in [1.29, 1.82) is 0 Å². The van der Waals surface area contributed by atoms with Gasteiger partial charge in [0.1, 0.15) is 0 Å². The summed E-state index contributed by atoms with van der Waals surface area (Å²) in [5.74, 6) is 0.787. The fourth-order valence-corrected chi connectivity index (χ4v) is 2.90. The minimum atomic E-state index is -2.99. The molecule has 0 N–H and O–H groups in total. The zero-order valence-corrected chi connectivity index (χ0v) is 9.44. The molecule has 1 fully saturated rings. The van der Waals surface area contributed by atoms with E-state index in [4.69, 9.17) is 11.6 Å². The van der Waals surface area contributed by atoms with Gasteiger partial charge in [-0.3, -0.25) is 0 Å². The van der Waals surface area contributed by atoms with Gasteiger partial charge in [-0.15, -0.1) is 11.6 Å². The summed E-state index contributed by atoms with van der Waals surface area (Å²) in [4.78, 5) is 0. The Morgan fingerprint density at radius 2 is 2.00 bits per heavy atom. The highest BCUT2D eigenvalue weighted by molar-refractivity contribution is 7.89. The molecule has 1 aliphatic rings. The molecule has 5 heteroatoms. The van der Waals surface area contributed by atoms with Gasteiger partial charge in [0, 0.05) is 19.0 Å². The molecule has 0 heterocycles. The van der Waals surface area contributed by atoms with E-state index in [0.29, 0.717) is 12.3 Å². The lowest BCUT2D eigenvalue weighted by molar-refractivity contribution is 0.462. The molecule has 0 bridgehead atoms. The van der Waals surface area contributed by atoms with Crippen LogP contribution in [-0.2, 0) is 10.0 Å². The molecule has 0 unspecified atom stereocenters. The molecule has 1 saturated carbocycles.